The first-order valence-electron chi connectivity index (χ1n) is 6.80. The third-order valence-corrected chi connectivity index (χ3v) is 3.81. The number of aliphatic hydroxyl groups is 3. The second-order valence-corrected chi connectivity index (χ2v) is 6.05. The minimum absolute atomic E-state index is 0. The van der Waals surface area contributed by atoms with Crippen LogP contribution in [0.15, 0.2) is 24.3 Å². The number of benzene rings is 1. The van der Waals surface area contributed by atoms with E-state index in [1.165, 1.54) is 0 Å². The summed E-state index contributed by atoms with van der Waals surface area (Å²) in [6, 6.07) is 4.51. The molecule has 0 aromatic heterocycles. The summed E-state index contributed by atoms with van der Waals surface area (Å²) in [5.74, 6) is -0.0345. The van der Waals surface area contributed by atoms with Crippen LogP contribution in [-0.4, -0.2) is 70.5 Å². The average Bonchev–Trinajstić information content (AvgIpc) is 2.53. The zero-order valence-corrected chi connectivity index (χ0v) is 16.2. The Morgan fingerprint density at radius 2 is 1.77 bits per heavy atom. The van der Waals surface area contributed by atoms with E-state index in [0.29, 0.717) is 0 Å². The van der Waals surface area contributed by atoms with Crippen LogP contribution in [-0.2, 0) is 19.3 Å². The van der Waals surface area contributed by atoms with Crippen LogP contribution in [0.4, 0.5) is 5.69 Å². The molecule has 140 valence electrons. The average molecular weight is 403 g/mol. The van der Waals surface area contributed by atoms with Crippen LogP contribution in [0.1, 0.15) is 0 Å². The van der Waals surface area contributed by atoms with Crippen molar-refractivity contribution in [3.63, 3.8) is 0 Å². The van der Waals surface area contributed by atoms with Gasteiger partial charge in [0.2, 0.25) is 16.7 Å². The fraction of sp³-hybridized carbons (Fsp3) is 0.500. The third-order valence-electron chi connectivity index (χ3n) is 3.35. The predicted octanol–water partition coefficient (Wildman–Crippen LogP) is -4.74. The zero-order chi connectivity index (χ0) is 18.8. The number of ether oxygens (including phenoxy) is 2. The second kappa shape index (κ2) is 9.36. The van der Waals surface area contributed by atoms with E-state index in [1.807, 2.05) is 0 Å². The molecule has 1 aromatic rings. The molecule has 0 aliphatic carbocycles. The van der Waals surface area contributed by atoms with Crippen LogP contribution in [0.5, 0.6) is 5.75 Å². The molecule has 1 aliphatic heterocycles. The Balaban J connectivity index is 0.00000338. The maximum absolute atomic E-state index is 10.8. The smallest absolute Gasteiger partial charge is 0.726 e. The number of aliphatic hydroxyl groups excluding tert-OH is 3. The first-order valence-corrected chi connectivity index (χ1v) is 8.13. The van der Waals surface area contributed by atoms with Gasteiger partial charge in [-0.2, -0.15) is 0 Å². The zero-order valence-electron chi connectivity index (χ0n) is 13.4. The molecule has 3 N–H and O–H groups in total. The van der Waals surface area contributed by atoms with E-state index in [0.717, 1.165) is 24.3 Å². The molecule has 0 unspecified atom stereocenters. The molecule has 14 heteroatoms. The van der Waals surface area contributed by atoms with Gasteiger partial charge in [-0.15, -0.1) is 0 Å². The van der Waals surface area contributed by atoms with Crippen LogP contribution in [0.3, 0.4) is 0 Å². The first kappa shape index (κ1) is 23.2. The summed E-state index contributed by atoms with van der Waals surface area (Å²) >= 11 is 0. The van der Waals surface area contributed by atoms with Crippen molar-refractivity contribution in [3.05, 3.63) is 34.4 Å². The van der Waals surface area contributed by atoms with Crippen molar-refractivity contribution in [1.29, 1.82) is 0 Å². The van der Waals surface area contributed by atoms with Crippen molar-refractivity contribution in [2.45, 2.75) is 30.7 Å². The molecule has 26 heavy (non-hydrogen) atoms. The predicted molar refractivity (Wildman–Crippen MR) is 76.1 cm³/mol. The Labute approximate surface area is 169 Å². The SMILES string of the molecule is O=[N+]([O-])c1ccc(O[C@H]2O[C@H](CO)[C@@H](O)[C@H](O)[C@H]2OS(=O)(=O)[O-])cc1.[Na+]. The topological polar surface area (TPSA) is 189 Å². The largest absolute Gasteiger partial charge is 1.00 e. The summed E-state index contributed by atoms with van der Waals surface area (Å²) in [5.41, 5.74) is -0.240. The summed E-state index contributed by atoms with van der Waals surface area (Å²) in [6.07, 6.45) is -8.62. The number of nitro benzene ring substituents is 1. The molecule has 0 bridgehead atoms. The maximum atomic E-state index is 10.8. The first-order chi connectivity index (χ1) is 11.6. The monoisotopic (exact) mass is 403 g/mol. The van der Waals surface area contributed by atoms with Crippen molar-refractivity contribution >= 4 is 16.1 Å². The number of non-ortho nitro benzene ring substituents is 1. The molecule has 5 atom stereocenters. The van der Waals surface area contributed by atoms with Gasteiger partial charge in [0, 0.05) is 12.1 Å². The van der Waals surface area contributed by atoms with Gasteiger partial charge >= 0.3 is 29.6 Å². The molecule has 0 amide bonds. The molecule has 0 saturated carbocycles. The van der Waals surface area contributed by atoms with Crippen molar-refractivity contribution in [3.8, 4) is 5.75 Å². The van der Waals surface area contributed by atoms with E-state index in [2.05, 4.69) is 4.18 Å². The van der Waals surface area contributed by atoms with Gasteiger partial charge in [0.25, 0.3) is 5.69 Å². The number of hydrogen-bond donors (Lipinski definition) is 3. The summed E-state index contributed by atoms with van der Waals surface area (Å²) < 4.78 is 47.0. The fourth-order valence-corrected chi connectivity index (χ4v) is 2.65. The Kier molecular flexibility index (Phi) is 8.34. The molecule has 0 radical (unpaired) electrons. The van der Waals surface area contributed by atoms with Crippen molar-refractivity contribution in [1.82, 2.24) is 0 Å². The molecule has 1 heterocycles. The number of rotatable bonds is 6. The molecule has 2 rings (SSSR count). The molecular formula is C12H14NNaO11S. The van der Waals surface area contributed by atoms with Gasteiger partial charge in [-0.25, -0.2) is 8.42 Å². The van der Waals surface area contributed by atoms with E-state index < -0.39 is 52.6 Å². The van der Waals surface area contributed by atoms with E-state index in [9.17, 15) is 33.3 Å². The van der Waals surface area contributed by atoms with Gasteiger partial charge in [-0.3, -0.25) is 14.3 Å². The van der Waals surface area contributed by atoms with Gasteiger partial charge in [-0.1, -0.05) is 0 Å². The van der Waals surface area contributed by atoms with Gasteiger partial charge in [0.15, 0.2) is 6.10 Å². The van der Waals surface area contributed by atoms with Crippen LogP contribution >= 0.6 is 0 Å². The molecule has 1 saturated heterocycles. The number of nitrogens with zero attached hydrogens (tertiary/aromatic N) is 1. The van der Waals surface area contributed by atoms with Gasteiger partial charge in [0.05, 0.1) is 11.5 Å². The van der Waals surface area contributed by atoms with Crippen LogP contribution < -0.4 is 34.3 Å². The maximum Gasteiger partial charge on any atom is 1.00 e. The Bertz CT molecular complexity index is 712. The normalized spacial score (nSPS) is 28.8. The third kappa shape index (κ3) is 5.82. The summed E-state index contributed by atoms with van der Waals surface area (Å²) in [4.78, 5) is 9.95. The minimum atomic E-state index is -5.28. The van der Waals surface area contributed by atoms with Crippen molar-refractivity contribution in [2.24, 2.45) is 0 Å². The fourth-order valence-electron chi connectivity index (χ4n) is 2.17. The molecule has 12 nitrogen and oxygen atoms in total. The quantitative estimate of drug-likeness (QED) is 0.136. The van der Waals surface area contributed by atoms with Crippen LogP contribution in [0, 0.1) is 10.1 Å². The molecule has 1 aliphatic rings. The van der Waals surface area contributed by atoms with E-state index >= 15 is 0 Å². The van der Waals surface area contributed by atoms with Gasteiger partial charge < -0.3 is 29.3 Å². The molecule has 0 spiro atoms. The van der Waals surface area contributed by atoms with Crippen molar-refractivity contribution < 1.29 is 76.4 Å². The van der Waals surface area contributed by atoms with Crippen molar-refractivity contribution in [2.75, 3.05) is 6.61 Å². The van der Waals surface area contributed by atoms with Gasteiger partial charge in [0.1, 0.15) is 24.1 Å². The van der Waals surface area contributed by atoms with Crippen LogP contribution in [0.25, 0.3) is 0 Å². The summed E-state index contributed by atoms with van der Waals surface area (Å²) in [6.45, 7) is -0.741. The Morgan fingerprint density at radius 3 is 2.23 bits per heavy atom. The molecule has 1 aromatic carbocycles. The summed E-state index contributed by atoms with van der Waals surface area (Å²) in [7, 11) is -5.28. The van der Waals surface area contributed by atoms with E-state index in [4.69, 9.17) is 14.6 Å². The Morgan fingerprint density at radius 1 is 1.19 bits per heavy atom. The summed E-state index contributed by atoms with van der Waals surface area (Å²) in [5, 5.41) is 39.4. The van der Waals surface area contributed by atoms with Crippen LogP contribution in [0.2, 0.25) is 0 Å². The Hall–Kier alpha value is -0.870. The van der Waals surface area contributed by atoms with E-state index in [1.54, 1.807) is 0 Å². The van der Waals surface area contributed by atoms with E-state index in [-0.39, 0.29) is 41.0 Å². The standard InChI is InChI=1S/C12H15NO11S.Na/c14-5-8-9(15)10(16)11(24-25(19,20)21)12(23-8)22-7-3-1-6(2-4-7)13(17)18;/h1-4,8-12,14-16H,5H2,(H,19,20,21);/q;+1/p-1/t8-,9-,10+,11-,12+;/m1./s1. The second-order valence-electron chi connectivity index (χ2n) is 5.04. The molecular weight excluding hydrogens is 389 g/mol. The molecule has 1 fully saturated rings. The van der Waals surface area contributed by atoms with Gasteiger partial charge in [-0.05, 0) is 12.1 Å². The number of nitro groups is 1. The number of hydrogen-bond acceptors (Lipinski definition) is 11. The minimum Gasteiger partial charge on any atom is -0.726 e.